The van der Waals surface area contributed by atoms with Gasteiger partial charge in [-0.2, -0.15) is 0 Å². The number of rotatable bonds is 6. The Balaban J connectivity index is 1.89. The van der Waals surface area contributed by atoms with Crippen LogP contribution in [0.25, 0.3) is 0 Å². The summed E-state index contributed by atoms with van der Waals surface area (Å²) in [4.78, 5) is 45.6. The molecule has 0 amide bonds. The normalized spacial score (nSPS) is 12.6. The molecule has 0 aliphatic carbocycles. The maximum Gasteiger partial charge on any atom is 0.346 e. The third kappa shape index (κ3) is 3.49. The van der Waals surface area contributed by atoms with Crippen LogP contribution in [0.3, 0.4) is 0 Å². The number of carbonyl (C=O) groups is 4. The molecule has 1 aliphatic rings. The van der Waals surface area contributed by atoms with E-state index in [0.29, 0.717) is 12.8 Å². The van der Waals surface area contributed by atoms with E-state index in [9.17, 15) is 19.2 Å². The van der Waals surface area contributed by atoms with Gasteiger partial charge in [0.25, 0.3) is 0 Å². The van der Waals surface area contributed by atoms with E-state index in [4.69, 9.17) is 9.47 Å². The van der Waals surface area contributed by atoms with Crippen LogP contribution >= 0.6 is 0 Å². The van der Waals surface area contributed by atoms with E-state index in [1.807, 2.05) is 6.92 Å². The van der Waals surface area contributed by atoms with Crippen molar-refractivity contribution in [3.05, 3.63) is 34.9 Å². The topological polar surface area (TPSA) is 96.0 Å². The number of fused-ring (bicyclic) bond motifs is 1. The quantitative estimate of drug-likeness (QED) is 0.340. The average molecular weight is 306 g/mol. The highest BCUT2D eigenvalue weighted by Gasteiger charge is 2.30. The van der Waals surface area contributed by atoms with Crippen molar-refractivity contribution in [3.63, 3.8) is 0 Å². The average Bonchev–Trinajstić information content (AvgIpc) is 2.78. The molecular formula is C15H14O7. The fourth-order valence-electron chi connectivity index (χ4n) is 1.86. The second-order valence-electron chi connectivity index (χ2n) is 4.54. The first kappa shape index (κ1) is 15.7. The predicted octanol–water partition coefficient (Wildman–Crippen LogP) is 1.50. The Morgan fingerprint density at radius 1 is 1.05 bits per heavy atom. The molecule has 0 unspecified atom stereocenters. The van der Waals surface area contributed by atoms with Gasteiger partial charge in [0.2, 0.25) is 0 Å². The zero-order chi connectivity index (χ0) is 16.1. The number of benzene rings is 1. The van der Waals surface area contributed by atoms with Gasteiger partial charge in [0, 0.05) is 6.42 Å². The fourth-order valence-corrected chi connectivity index (χ4v) is 1.86. The van der Waals surface area contributed by atoms with Crippen molar-refractivity contribution in [3.8, 4) is 0 Å². The summed E-state index contributed by atoms with van der Waals surface area (Å²) >= 11 is 0. The second-order valence-corrected chi connectivity index (χ2v) is 4.54. The van der Waals surface area contributed by atoms with Crippen molar-refractivity contribution in [1.29, 1.82) is 0 Å². The Labute approximate surface area is 126 Å². The molecule has 0 atom stereocenters. The molecule has 7 heteroatoms. The minimum absolute atomic E-state index is 0.0317. The van der Waals surface area contributed by atoms with Gasteiger partial charge in [-0.25, -0.2) is 14.4 Å². The third-order valence-electron chi connectivity index (χ3n) is 2.91. The standard InChI is InChI=1S/C15H14O7/c1-2-3-12(16)20-6-7-21-13(17)9-4-5-10-11(8-9)15(19)22-14(10)18/h4-5,8H,2-3,6-7H2,1H3. The first-order chi connectivity index (χ1) is 10.5. The zero-order valence-electron chi connectivity index (χ0n) is 11.9. The van der Waals surface area contributed by atoms with Crippen LogP contribution in [-0.2, 0) is 19.0 Å². The monoisotopic (exact) mass is 306 g/mol. The molecule has 1 heterocycles. The largest absolute Gasteiger partial charge is 0.462 e. The van der Waals surface area contributed by atoms with E-state index in [-0.39, 0.29) is 35.9 Å². The van der Waals surface area contributed by atoms with Crippen molar-refractivity contribution in [2.75, 3.05) is 13.2 Å². The summed E-state index contributed by atoms with van der Waals surface area (Å²) in [6.07, 6.45) is 0.997. The lowest BCUT2D eigenvalue weighted by atomic mass is 10.1. The summed E-state index contributed by atoms with van der Waals surface area (Å²) in [5.41, 5.74) is 0.272. The Hall–Kier alpha value is -2.70. The van der Waals surface area contributed by atoms with Gasteiger partial charge < -0.3 is 14.2 Å². The smallest absolute Gasteiger partial charge is 0.346 e. The second kappa shape index (κ2) is 6.84. The fraction of sp³-hybridized carbons (Fsp3) is 0.333. The van der Waals surface area contributed by atoms with Gasteiger partial charge in [0.1, 0.15) is 13.2 Å². The molecule has 1 aromatic rings. The van der Waals surface area contributed by atoms with E-state index in [0.717, 1.165) is 0 Å². The molecule has 7 nitrogen and oxygen atoms in total. The third-order valence-corrected chi connectivity index (χ3v) is 2.91. The summed E-state index contributed by atoms with van der Waals surface area (Å²) in [6.45, 7) is 1.73. The maximum atomic E-state index is 11.8. The first-order valence-electron chi connectivity index (χ1n) is 6.76. The molecule has 22 heavy (non-hydrogen) atoms. The van der Waals surface area contributed by atoms with Crippen LogP contribution < -0.4 is 0 Å². The van der Waals surface area contributed by atoms with Gasteiger partial charge in [0.15, 0.2) is 0 Å². The lowest BCUT2D eigenvalue weighted by Crippen LogP contribution is -2.14. The highest BCUT2D eigenvalue weighted by atomic mass is 16.6. The number of carbonyl (C=O) groups excluding carboxylic acids is 4. The molecule has 1 aliphatic heterocycles. The summed E-state index contributed by atoms with van der Waals surface area (Å²) in [5, 5.41) is 0. The van der Waals surface area contributed by atoms with Gasteiger partial charge in [0.05, 0.1) is 16.7 Å². The lowest BCUT2D eigenvalue weighted by molar-refractivity contribution is -0.144. The van der Waals surface area contributed by atoms with E-state index in [1.165, 1.54) is 18.2 Å². The van der Waals surface area contributed by atoms with Crippen molar-refractivity contribution in [2.45, 2.75) is 19.8 Å². The Morgan fingerprint density at radius 3 is 2.45 bits per heavy atom. The van der Waals surface area contributed by atoms with Gasteiger partial charge >= 0.3 is 23.9 Å². The van der Waals surface area contributed by atoms with Crippen LogP contribution in [0.5, 0.6) is 0 Å². The van der Waals surface area contributed by atoms with Gasteiger partial charge in [-0.3, -0.25) is 4.79 Å². The zero-order valence-corrected chi connectivity index (χ0v) is 11.9. The SMILES string of the molecule is CCCC(=O)OCCOC(=O)c1ccc2c(c1)C(=O)OC2=O. The predicted molar refractivity (Wildman–Crippen MR) is 72.3 cm³/mol. The summed E-state index contributed by atoms with van der Waals surface area (Å²) in [6, 6.07) is 3.94. The van der Waals surface area contributed by atoms with Crippen LogP contribution in [0.2, 0.25) is 0 Å². The summed E-state index contributed by atoms with van der Waals surface area (Å²) in [5.74, 6) is -2.55. The van der Waals surface area contributed by atoms with Crippen LogP contribution in [0.4, 0.5) is 0 Å². The number of hydrogen-bond acceptors (Lipinski definition) is 7. The van der Waals surface area contributed by atoms with Crippen LogP contribution in [0.15, 0.2) is 18.2 Å². The molecule has 0 bridgehead atoms. The number of esters is 4. The van der Waals surface area contributed by atoms with Gasteiger partial charge in [-0.15, -0.1) is 0 Å². The van der Waals surface area contributed by atoms with Crippen molar-refractivity contribution in [1.82, 2.24) is 0 Å². The minimum atomic E-state index is -0.789. The highest BCUT2D eigenvalue weighted by molar-refractivity contribution is 6.15. The van der Waals surface area contributed by atoms with Crippen LogP contribution in [0, 0.1) is 0 Å². The lowest BCUT2D eigenvalue weighted by Gasteiger charge is -2.06. The van der Waals surface area contributed by atoms with Gasteiger partial charge in [-0.05, 0) is 24.6 Å². The molecular weight excluding hydrogens is 292 g/mol. The Kier molecular flexibility index (Phi) is 4.88. The van der Waals surface area contributed by atoms with E-state index >= 15 is 0 Å². The molecule has 0 fully saturated rings. The summed E-state index contributed by atoms with van der Waals surface area (Å²) < 4.78 is 14.2. The van der Waals surface area contributed by atoms with Crippen molar-refractivity contribution in [2.24, 2.45) is 0 Å². The highest BCUT2D eigenvalue weighted by Crippen LogP contribution is 2.21. The number of hydrogen-bond donors (Lipinski definition) is 0. The molecule has 0 N–H and O–H groups in total. The molecule has 1 aromatic carbocycles. The molecule has 0 saturated heterocycles. The number of cyclic esters (lactones) is 2. The molecule has 0 radical (unpaired) electrons. The summed E-state index contributed by atoms with van der Waals surface area (Å²) in [7, 11) is 0. The minimum Gasteiger partial charge on any atom is -0.462 e. The maximum absolute atomic E-state index is 11.8. The molecule has 0 spiro atoms. The molecule has 2 rings (SSSR count). The van der Waals surface area contributed by atoms with E-state index in [2.05, 4.69) is 4.74 Å². The number of ether oxygens (including phenoxy) is 3. The van der Waals surface area contributed by atoms with Crippen LogP contribution in [-0.4, -0.2) is 37.1 Å². The molecule has 0 saturated carbocycles. The van der Waals surface area contributed by atoms with Gasteiger partial charge in [-0.1, -0.05) is 6.92 Å². The van der Waals surface area contributed by atoms with Crippen molar-refractivity contribution < 1.29 is 33.4 Å². The Bertz CT molecular complexity index is 633. The van der Waals surface area contributed by atoms with E-state index < -0.39 is 17.9 Å². The molecule has 116 valence electrons. The van der Waals surface area contributed by atoms with Crippen LogP contribution in [0.1, 0.15) is 50.8 Å². The first-order valence-corrected chi connectivity index (χ1v) is 6.76. The molecule has 0 aromatic heterocycles. The Morgan fingerprint density at radius 2 is 1.73 bits per heavy atom. The van der Waals surface area contributed by atoms with E-state index in [1.54, 1.807) is 0 Å². The van der Waals surface area contributed by atoms with Crippen molar-refractivity contribution >= 4 is 23.9 Å².